The van der Waals surface area contributed by atoms with Crippen molar-refractivity contribution in [2.24, 2.45) is 5.73 Å². The highest BCUT2D eigenvalue weighted by Gasteiger charge is 2.37. The molecule has 1 aliphatic rings. The van der Waals surface area contributed by atoms with Crippen LogP contribution in [0.4, 0.5) is 8.78 Å². The molecule has 1 saturated carbocycles. The van der Waals surface area contributed by atoms with Gasteiger partial charge in [0, 0.05) is 18.8 Å². The summed E-state index contributed by atoms with van der Waals surface area (Å²) >= 11 is 0. The van der Waals surface area contributed by atoms with Gasteiger partial charge in [-0.15, -0.1) is 0 Å². The second kappa shape index (κ2) is 6.13. The van der Waals surface area contributed by atoms with E-state index in [0.717, 1.165) is 0 Å². The topological polar surface area (TPSA) is 74.2 Å². The average Bonchev–Trinajstić information content (AvgIpc) is 2.85. The molecule has 1 aliphatic carbocycles. The fraction of sp³-hybridized carbons (Fsp3) is 0.846. The fourth-order valence-corrected chi connectivity index (χ4v) is 2.22. The number of hydrogen-bond acceptors (Lipinski definition) is 5. The zero-order chi connectivity index (χ0) is 14.8. The van der Waals surface area contributed by atoms with Crippen LogP contribution < -0.4 is 5.73 Å². The van der Waals surface area contributed by atoms with Crippen molar-refractivity contribution in [2.75, 3.05) is 6.61 Å². The lowest BCUT2D eigenvalue weighted by atomic mass is 9.87. The largest absolute Gasteiger partial charge is 0.377 e. The Morgan fingerprint density at radius 3 is 2.65 bits per heavy atom. The number of nitrogens with zero attached hydrogens (tertiary/aromatic N) is 2. The monoisotopic (exact) mass is 289 g/mol. The minimum atomic E-state index is -2.55. The number of aromatic nitrogens is 2. The third-order valence-electron chi connectivity index (χ3n) is 3.46. The lowest BCUT2D eigenvalue weighted by Gasteiger charge is -2.25. The van der Waals surface area contributed by atoms with Crippen LogP contribution in [-0.4, -0.2) is 28.8 Å². The van der Waals surface area contributed by atoms with Gasteiger partial charge in [0.25, 0.3) is 0 Å². The smallest absolute Gasteiger partial charge is 0.248 e. The van der Waals surface area contributed by atoms with E-state index < -0.39 is 12.0 Å². The molecule has 1 heterocycles. The van der Waals surface area contributed by atoms with Crippen LogP contribution in [-0.2, 0) is 4.74 Å². The molecule has 0 aromatic carbocycles. The second-order valence-electron chi connectivity index (χ2n) is 5.61. The van der Waals surface area contributed by atoms with Gasteiger partial charge in [0.15, 0.2) is 5.82 Å². The first-order chi connectivity index (χ1) is 9.37. The Labute approximate surface area is 116 Å². The van der Waals surface area contributed by atoms with E-state index >= 15 is 0 Å². The average molecular weight is 289 g/mol. The number of ether oxygens (including phenoxy) is 1. The van der Waals surface area contributed by atoms with E-state index in [-0.39, 0.29) is 24.9 Å². The summed E-state index contributed by atoms with van der Waals surface area (Å²) < 4.78 is 36.8. The van der Waals surface area contributed by atoms with Crippen LogP contribution in [0.3, 0.4) is 0 Å². The highest BCUT2D eigenvalue weighted by molar-refractivity contribution is 5.00. The van der Waals surface area contributed by atoms with E-state index in [9.17, 15) is 8.78 Å². The minimum Gasteiger partial charge on any atom is -0.377 e. The van der Waals surface area contributed by atoms with E-state index in [1.54, 1.807) is 0 Å². The number of nitrogens with two attached hydrogens (primary N) is 1. The summed E-state index contributed by atoms with van der Waals surface area (Å²) in [5, 5.41) is 3.83. The molecule has 5 nitrogen and oxygen atoms in total. The van der Waals surface area contributed by atoms with E-state index in [4.69, 9.17) is 15.0 Å². The Balaban J connectivity index is 1.92. The van der Waals surface area contributed by atoms with E-state index in [0.29, 0.717) is 31.2 Å². The maximum absolute atomic E-state index is 13.1. The summed E-state index contributed by atoms with van der Waals surface area (Å²) in [6.45, 7) is 4.13. The predicted octanol–water partition coefficient (Wildman–Crippen LogP) is 2.79. The number of alkyl halides is 2. The van der Waals surface area contributed by atoms with Crippen molar-refractivity contribution in [2.45, 2.75) is 63.5 Å². The van der Waals surface area contributed by atoms with E-state index in [2.05, 4.69) is 10.1 Å². The highest BCUT2D eigenvalue weighted by atomic mass is 19.3. The number of rotatable bonds is 5. The van der Waals surface area contributed by atoms with Crippen LogP contribution in [0.15, 0.2) is 4.52 Å². The van der Waals surface area contributed by atoms with Crippen LogP contribution in [0.2, 0.25) is 0 Å². The Kier molecular flexibility index (Phi) is 4.70. The molecule has 0 radical (unpaired) electrons. The van der Waals surface area contributed by atoms with Gasteiger partial charge in [-0.2, -0.15) is 4.98 Å². The molecule has 1 aromatic rings. The van der Waals surface area contributed by atoms with Gasteiger partial charge in [0.05, 0.1) is 18.8 Å². The highest BCUT2D eigenvalue weighted by Crippen LogP contribution is 2.40. The normalized spacial score (nSPS) is 21.3. The van der Waals surface area contributed by atoms with Crippen LogP contribution in [0.1, 0.15) is 63.2 Å². The second-order valence-corrected chi connectivity index (χ2v) is 5.61. The summed E-state index contributed by atoms with van der Waals surface area (Å²) in [5.41, 5.74) is 5.90. The molecule has 1 fully saturated rings. The molecular weight excluding hydrogens is 268 g/mol. The van der Waals surface area contributed by atoms with Gasteiger partial charge in [-0.25, -0.2) is 8.78 Å². The van der Waals surface area contributed by atoms with Gasteiger partial charge < -0.3 is 15.0 Å². The molecule has 2 rings (SSSR count). The molecule has 0 bridgehead atoms. The maximum atomic E-state index is 13.1. The molecular formula is C13H21F2N3O2. The van der Waals surface area contributed by atoms with Crippen molar-refractivity contribution in [3.05, 3.63) is 11.7 Å². The van der Waals surface area contributed by atoms with Crippen LogP contribution in [0, 0.1) is 0 Å². The molecule has 2 N–H and O–H groups in total. The lowest BCUT2D eigenvalue weighted by molar-refractivity contribution is -0.0402. The van der Waals surface area contributed by atoms with Crippen molar-refractivity contribution in [1.29, 1.82) is 0 Å². The van der Waals surface area contributed by atoms with Gasteiger partial charge in [-0.05, 0) is 26.7 Å². The van der Waals surface area contributed by atoms with Gasteiger partial charge in [-0.1, -0.05) is 5.16 Å². The van der Waals surface area contributed by atoms with Gasteiger partial charge >= 0.3 is 0 Å². The molecule has 1 aromatic heterocycles. The molecule has 0 spiro atoms. The van der Waals surface area contributed by atoms with Crippen LogP contribution in [0.5, 0.6) is 0 Å². The number of halogens is 2. The standard InChI is InChI=1S/C13H21F2N3O2/c1-8(2)19-7-10(16)11-17-12(20-18-11)9-3-5-13(14,15)6-4-9/h8-10H,3-7,16H2,1-2H3. The van der Waals surface area contributed by atoms with Gasteiger partial charge in [0.1, 0.15) is 0 Å². The van der Waals surface area contributed by atoms with Gasteiger partial charge in [-0.3, -0.25) is 0 Å². The SMILES string of the molecule is CC(C)OCC(N)c1noc(C2CCC(F)(F)CC2)n1. The third-order valence-corrected chi connectivity index (χ3v) is 3.46. The Bertz CT molecular complexity index is 427. The maximum Gasteiger partial charge on any atom is 0.248 e. The van der Waals surface area contributed by atoms with Crippen molar-refractivity contribution < 1.29 is 18.0 Å². The molecule has 20 heavy (non-hydrogen) atoms. The predicted molar refractivity (Wildman–Crippen MR) is 68.5 cm³/mol. The molecule has 1 atom stereocenters. The van der Waals surface area contributed by atoms with Crippen molar-refractivity contribution >= 4 is 0 Å². The summed E-state index contributed by atoms with van der Waals surface area (Å²) in [5.74, 6) is -1.86. The zero-order valence-electron chi connectivity index (χ0n) is 11.8. The van der Waals surface area contributed by atoms with Crippen molar-refractivity contribution in [1.82, 2.24) is 10.1 Å². The molecule has 7 heteroatoms. The quantitative estimate of drug-likeness (QED) is 0.902. The van der Waals surface area contributed by atoms with Crippen molar-refractivity contribution in [3.8, 4) is 0 Å². The molecule has 0 aliphatic heterocycles. The Morgan fingerprint density at radius 1 is 1.40 bits per heavy atom. The van der Waals surface area contributed by atoms with E-state index in [1.807, 2.05) is 13.8 Å². The van der Waals surface area contributed by atoms with Crippen molar-refractivity contribution in [3.63, 3.8) is 0 Å². The zero-order valence-corrected chi connectivity index (χ0v) is 11.8. The molecule has 1 unspecified atom stereocenters. The fourth-order valence-electron chi connectivity index (χ4n) is 2.22. The first-order valence-electron chi connectivity index (χ1n) is 6.96. The minimum absolute atomic E-state index is 0.0768. The van der Waals surface area contributed by atoms with Crippen LogP contribution >= 0.6 is 0 Å². The van der Waals surface area contributed by atoms with E-state index in [1.165, 1.54) is 0 Å². The molecule has 0 saturated heterocycles. The van der Waals surface area contributed by atoms with Crippen LogP contribution in [0.25, 0.3) is 0 Å². The number of hydrogen-bond donors (Lipinski definition) is 1. The Hall–Kier alpha value is -1.08. The third kappa shape index (κ3) is 3.96. The first kappa shape index (κ1) is 15.3. The summed E-state index contributed by atoms with van der Waals surface area (Å²) in [6.07, 6.45) is 0.558. The summed E-state index contributed by atoms with van der Waals surface area (Å²) in [7, 11) is 0. The molecule has 0 amide bonds. The lowest BCUT2D eigenvalue weighted by Crippen LogP contribution is -2.24. The van der Waals surface area contributed by atoms with Gasteiger partial charge in [0.2, 0.25) is 11.8 Å². The molecule has 114 valence electrons. The Morgan fingerprint density at radius 2 is 2.05 bits per heavy atom. The summed E-state index contributed by atoms with van der Waals surface area (Å²) in [4.78, 5) is 4.23. The first-order valence-corrected chi connectivity index (χ1v) is 6.96. The summed E-state index contributed by atoms with van der Waals surface area (Å²) in [6, 6.07) is -0.458.